The molecule has 21 heavy (non-hydrogen) atoms. The van der Waals surface area contributed by atoms with Gasteiger partial charge in [0.15, 0.2) is 5.70 Å². The summed E-state index contributed by atoms with van der Waals surface area (Å²) < 4.78 is 4.99. The lowest BCUT2D eigenvalue weighted by molar-refractivity contribution is -0.384. The monoisotopic (exact) mass is 293 g/mol. The molecule has 1 aromatic rings. The normalized spacial score (nSPS) is 14.7. The fourth-order valence-corrected chi connectivity index (χ4v) is 1.76. The number of nitrogens with one attached hydrogen (secondary N) is 1. The smallest absolute Gasteiger partial charge is 0.365 e. The highest BCUT2D eigenvalue weighted by Crippen LogP contribution is 2.20. The van der Waals surface area contributed by atoms with Gasteiger partial charge in [0.2, 0.25) is 5.91 Å². The minimum absolute atomic E-state index is 0.0798. The maximum absolute atomic E-state index is 11.9. The van der Waals surface area contributed by atoms with Gasteiger partial charge in [0, 0.05) is 19.2 Å². The van der Waals surface area contributed by atoms with Crippen LogP contribution in [0.25, 0.3) is 0 Å². The van der Waals surface area contributed by atoms with E-state index < -0.39 is 22.6 Å². The van der Waals surface area contributed by atoms with E-state index in [1.165, 1.54) is 31.3 Å². The van der Waals surface area contributed by atoms with Crippen molar-refractivity contribution in [3.63, 3.8) is 0 Å². The third-order valence-corrected chi connectivity index (χ3v) is 2.68. The van der Waals surface area contributed by atoms with Crippen LogP contribution in [0.5, 0.6) is 5.75 Å². The lowest BCUT2D eigenvalue weighted by atomic mass is 10.2. The predicted octanol–water partition coefficient (Wildman–Crippen LogP) is 0.636. The lowest BCUT2D eigenvalue weighted by Gasteiger charge is -2.26. The van der Waals surface area contributed by atoms with E-state index >= 15 is 0 Å². The number of carbonyl (C=O) groups excluding carboxylic acids is 2. The van der Waals surface area contributed by atoms with E-state index in [1.54, 1.807) is 0 Å². The highest BCUT2D eigenvalue weighted by molar-refractivity contribution is 5.93. The van der Waals surface area contributed by atoms with Gasteiger partial charge in [-0.1, -0.05) is 0 Å². The Morgan fingerprint density at radius 3 is 2.57 bits per heavy atom. The molecule has 1 amide bonds. The van der Waals surface area contributed by atoms with Gasteiger partial charge in [-0.15, -0.1) is 0 Å². The van der Waals surface area contributed by atoms with E-state index in [9.17, 15) is 24.8 Å². The Bertz CT molecular complexity index is 637. The van der Waals surface area contributed by atoms with E-state index in [0.29, 0.717) is 0 Å². The first-order valence-electron chi connectivity index (χ1n) is 5.80. The molecule has 0 saturated carbocycles. The largest absolute Gasteiger partial charge is 0.509 e. The average molecular weight is 293 g/mol. The quantitative estimate of drug-likeness (QED) is 0.363. The van der Waals surface area contributed by atoms with Crippen molar-refractivity contribution in [1.82, 2.24) is 10.4 Å². The van der Waals surface area contributed by atoms with Gasteiger partial charge in [-0.3, -0.25) is 25.3 Å². The first-order chi connectivity index (χ1) is 9.88. The van der Waals surface area contributed by atoms with Crippen molar-refractivity contribution in [3.8, 4) is 5.75 Å². The van der Waals surface area contributed by atoms with Crippen LogP contribution < -0.4 is 10.2 Å². The van der Waals surface area contributed by atoms with Gasteiger partial charge in [-0.2, -0.15) is 0 Å². The van der Waals surface area contributed by atoms with E-state index in [2.05, 4.69) is 5.43 Å². The number of non-ortho nitro benzene ring substituents is 1. The number of likely N-dealkylation sites (N-methyl/N-ethyl adjacent to an activating group) is 1. The summed E-state index contributed by atoms with van der Waals surface area (Å²) in [5, 5.41) is 21.2. The van der Waals surface area contributed by atoms with Crippen LogP contribution in [0.15, 0.2) is 35.7 Å². The predicted molar refractivity (Wildman–Crippen MR) is 68.9 cm³/mol. The molecule has 0 radical (unpaired) electrons. The number of hydrazine groups is 1. The topological polar surface area (TPSA) is 122 Å². The van der Waals surface area contributed by atoms with E-state index in [4.69, 9.17) is 4.74 Å². The Morgan fingerprint density at radius 2 is 2.05 bits per heavy atom. The number of nitrogens with zero attached hydrogens (tertiary/aromatic N) is 2. The molecule has 0 fully saturated rings. The molecular weight excluding hydrogens is 282 g/mol. The molecule has 9 heteroatoms. The summed E-state index contributed by atoms with van der Waals surface area (Å²) in [6.07, 6.45) is -0.324. The second-order valence-corrected chi connectivity index (χ2v) is 4.21. The number of carbonyl (C=O) groups is 2. The lowest BCUT2D eigenvalue weighted by Crippen LogP contribution is -2.46. The van der Waals surface area contributed by atoms with Gasteiger partial charge in [-0.25, -0.2) is 4.79 Å². The average Bonchev–Trinajstić information content (AvgIpc) is 2.37. The number of aliphatic hydroxyl groups excluding tert-OH is 1. The fraction of sp³-hybridized carbons (Fsp3) is 0.167. The molecule has 2 N–H and O–H groups in total. The second-order valence-electron chi connectivity index (χ2n) is 4.21. The van der Waals surface area contributed by atoms with E-state index in [0.717, 1.165) is 5.01 Å². The highest BCUT2D eigenvalue weighted by atomic mass is 16.6. The van der Waals surface area contributed by atoms with Crippen LogP contribution >= 0.6 is 0 Å². The molecule has 1 aromatic carbocycles. The zero-order chi connectivity index (χ0) is 15.6. The summed E-state index contributed by atoms with van der Waals surface area (Å²) in [7, 11) is 1.37. The molecule has 0 bridgehead atoms. The number of nitro groups is 1. The van der Waals surface area contributed by atoms with E-state index in [1.807, 2.05) is 0 Å². The first kappa shape index (κ1) is 14.3. The minimum atomic E-state index is -0.885. The number of nitro benzene ring substituents is 1. The van der Waals surface area contributed by atoms with Gasteiger partial charge in [-0.05, 0) is 12.1 Å². The molecule has 2 rings (SSSR count). The van der Waals surface area contributed by atoms with Crippen molar-refractivity contribution in [2.45, 2.75) is 6.42 Å². The first-order valence-corrected chi connectivity index (χ1v) is 5.80. The fourth-order valence-electron chi connectivity index (χ4n) is 1.76. The summed E-state index contributed by atoms with van der Waals surface area (Å²) in [5.74, 6) is -1.67. The Morgan fingerprint density at radius 1 is 1.43 bits per heavy atom. The Kier molecular flexibility index (Phi) is 3.74. The molecule has 0 aliphatic carbocycles. The Labute approximate surface area is 118 Å². The van der Waals surface area contributed by atoms with Crippen LogP contribution in [0.1, 0.15) is 6.42 Å². The molecule has 1 heterocycles. The van der Waals surface area contributed by atoms with Crippen LogP contribution in [0.2, 0.25) is 0 Å². The number of aliphatic hydroxyl groups is 1. The van der Waals surface area contributed by atoms with Gasteiger partial charge in [0.05, 0.1) is 11.3 Å². The molecule has 9 nitrogen and oxygen atoms in total. The van der Waals surface area contributed by atoms with Crippen LogP contribution in [-0.2, 0) is 9.59 Å². The van der Waals surface area contributed by atoms with Gasteiger partial charge in [0.25, 0.3) is 5.69 Å². The molecule has 0 aromatic heterocycles. The molecule has 110 valence electrons. The summed E-state index contributed by atoms with van der Waals surface area (Å²) in [6, 6.07) is 4.89. The van der Waals surface area contributed by atoms with Crippen molar-refractivity contribution in [2.75, 3.05) is 7.05 Å². The van der Waals surface area contributed by atoms with Crippen LogP contribution in [0.4, 0.5) is 5.69 Å². The van der Waals surface area contributed by atoms with Gasteiger partial charge in [0.1, 0.15) is 11.5 Å². The maximum Gasteiger partial charge on any atom is 0.365 e. The van der Waals surface area contributed by atoms with E-state index in [-0.39, 0.29) is 23.6 Å². The standard InChI is InChI=1S/C12H11N3O6/c1-14-11(9(16)6-10(17)13-14)12(18)21-8-4-2-7(3-5-8)15(19)20/h2-5,16H,6H2,1H3,(H,13,17). The summed E-state index contributed by atoms with van der Waals surface area (Å²) in [6.45, 7) is 0. The zero-order valence-corrected chi connectivity index (χ0v) is 10.9. The zero-order valence-electron chi connectivity index (χ0n) is 10.9. The van der Waals surface area contributed by atoms with Crippen molar-refractivity contribution >= 4 is 17.6 Å². The molecule has 0 atom stereocenters. The third kappa shape index (κ3) is 3.08. The maximum atomic E-state index is 11.9. The van der Waals surface area contributed by atoms with Crippen LogP contribution in [0, 0.1) is 10.1 Å². The summed E-state index contributed by atoms with van der Waals surface area (Å²) >= 11 is 0. The third-order valence-electron chi connectivity index (χ3n) is 2.68. The molecule has 1 aliphatic heterocycles. The number of amides is 1. The van der Waals surface area contributed by atoms with Gasteiger partial charge < -0.3 is 9.84 Å². The van der Waals surface area contributed by atoms with Crippen LogP contribution in [-0.4, -0.2) is 34.0 Å². The van der Waals surface area contributed by atoms with Crippen LogP contribution in [0.3, 0.4) is 0 Å². The summed E-state index contributed by atoms with van der Waals surface area (Å²) in [5.41, 5.74) is 2.00. The highest BCUT2D eigenvalue weighted by Gasteiger charge is 2.28. The number of benzene rings is 1. The molecule has 1 aliphatic rings. The number of hydrogen-bond donors (Lipinski definition) is 2. The van der Waals surface area contributed by atoms with Crippen molar-refractivity contribution in [2.24, 2.45) is 0 Å². The number of rotatable bonds is 3. The minimum Gasteiger partial charge on any atom is -0.509 e. The Balaban J connectivity index is 2.16. The number of hydrogen-bond acceptors (Lipinski definition) is 7. The van der Waals surface area contributed by atoms with Gasteiger partial charge >= 0.3 is 5.97 Å². The SMILES string of the molecule is CN1NC(=O)CC(O)=C1C(=O)Oc1ccc([N+](=O)[O-])cc1. The molecule has 0 saturated heterocycles. The van der Waals surface area contributed by atoms with Crippen molar-refractivity contribution in [3.05, 3.63) is 45.8 Å². The molecular formula is C12H11N3O6. The number of ether oxygens (including phenoxy) is 1. The molecule has 0 spiro atoms. The van der Waals surface area contributed by atoms with Crippen molar-refractivity contribution < 1.29 is 24.4 Å². The second kappa shape index (κ2) is 5.49. The summed E-state index contributed by atoms with van der Waals surface area (Å²) in [4.78, 5) is 33.0. The molecule has 0 unspecified atom stereocenters. The van der Waals surface area contributed by atoms with Crippen molar-refractivity contribution in [1.29, 1.82) is 0 Å². The Hall–Kier alpha value is -3.10. The number of esters is 1.